The Kier molecular flexibility index (Phi) is 8.92. The summed E-state index contributed by atoms with van der Waals surface area (Å²) in [7, 11) is 1.48. The second-order valence-corrected chi connectivity index (χ2v) is 8.99. The summed E-state index contributed by atoms with van der Waals surface area (Å²) in [5.41, 5.74) is -3.71. The van der Waals surface area contributed by atoms with Crippen LogP contribution < -0.4 is 15.4 Å². The Balaban J connectivity index is 1.76. The molecular weight excluding hydrogens is 541 g/mol. The van der Waals surface area contributed by atoms with Crippen LogP contribution in [0.15, 0.2) is 53.4 Å². The van der Waals surface area contributed by atoms with E-state index in [-0.39, 0.29) is 6.42 Å². The Morgan fingerprint density at radius 1 is 0.921 bits per heavy atom. The quantitative estimate of drug-likeness (QED) is 0.176. The number of rotatable bonds is 8. The van der Waals surface area contributed by atoms with E-state index in [9.17, 15) is 40.3 Å². The van der Waals surface area contributed by atoms with Gasteiger partial charge < -0.3 is 15.4 Å². The summed E-state index contributed by atoms with van der Waals surface area (Å²) in [6, 6.07) is 12.5. The number of methoxy groups -OCH3 is 1. The van der Waals surface area contributed by atoms with Crippen LogP contribution in [0.1, 0.15) is 29.3 Å². The van der Waals surface area contributed by atoms with Gasteiger partial charge in [-0.25, -0.2) is 17.6 Å². The molecule has 0 saturated heterocycles. The van der Waals surface area contributed by atoms with Crippen molar-refractivity contribution in [3.63, 3.8) is 0 Å². The number of ether oxygens (including phenoxy) is 1. The number of amides is 2. The van der Waals surface area contributed by atoms with Crippen LogP contribution in [-0.2, 0) is 11.0 Å². The molecule has 38 heavy (non-hydrogen) atoms. The molecule has 5 nitrogen and oxygen atoms in total. The van der Waals surface area contributed by atoms with Gasteiger partial charge in [-0.2, -0.15) is 13.2 Å². The van der Waals surface area contributed by atoms with Gasteiger partial charge in [-0.1, -0.05) is 13.0 Å². The van der Waals surface area contributed by atoms with Crippen molar-refractivity contribution in [2.75, 3.05) is 17.7 Å². The first-order chi connectivity index (χ1) is 17.9. The van der Waals surface area contributed by atoms with E-state index in [1.54, 1.807) is 47.8 Å². The summed E-state index contributed by atoms with van der Waals surface area (Å²) in [5, 5.41) is 3.25. The van der Waals surface area contributed by atoms with E-state index in [1.807, 2.05) is 0 Å². The number of nitrogens with one attached hydrogen (secondary N) is 2. The van der Waals surface area contributed by atoms with Gasteiger partial charge in [-0.15, -0.1) is 11.8 Å². The third-order valence-electron chi connectivity index (χ3n) is 5.18. The summed E-state index contributed by atoms with van der Waals surface area (Å²) in [5.74, 6) is -11.1. The third-order valence-corrected chi connectivity index (χ3v) is 6.54. The Morgan fingerprint density at radius 3 is 2.05 bits per heavy atom. The monoisotopic (exact) mass is 560 g/mol. The van der Waals surface area contributed by atoms with Gasteiger partial charge in [0.15, 0.2) is 23.3 Å². The fourth-order valence-corrected chi connectivity index (χ4v) is 4.29. The highest BCUT2D eigenvalue weighted by Gasteiger charge is 2.42. The van der Waals surface area contributed by atoms with Crippen molar-refractivity contribution >= 4 is 35.0 Å². The molecule has 3 aromatic rings. The van der Waals surface area contributed by atoms with Gasteiger partial charge in [-0.05, 0) is 48.9 Å². The van der Waals surface area contributed by atoms with Crippen LogP contribution in [0.3, 0.4) is 0 Å². The SMILES string of the molecule is CCC(Sc1cccc(NC(=O)c2ccc(OC)cc2)c1)C(=O)Nc1c(F)c(F)c(C(F)(F)F)c(F)c1F. The highest BCUT2D eigenvalue weighted by atomic mass is 32.2. The third kappa shape index (κ3) is 6.39. The lowest BCUT2D eigenvalue weighted by Crippen LogP contribution is -2.27. The molecule has 2 amide bonds. The first-order valence-electron chi connectivity index (χ1n) is 10.8. The van der Waals surface area contributed by atoms with Crippen LogP contribution in [0.2, 0.25) is 0 Å². The normalized spacial score (nSPS) is 12.1. The summed E-state index contributed by atoms with van der Waals surface area (Å²) in [6.45, 7) is 1.53. The molecule has 0 saturated carbocycles. The minimum atomic E-state index is -5.70. The van der Waals surface area contributed by atoms with Crippen molar-refractivity contribution in [2.24, 2.45) is 0 Å². The zero-order valence-corrected chi connectivity index (χ0v) is 20.5. The van der Waals surface area contributed by atoms with Crippen molar-refractivity contribution < 1.29 is 45.1 Å². The average Bonchev–Trinajstić information content (AvgIpc) is 2.88. The molecule has 0 aromatic heterocycles. The minimum Gasteiger partial charge on any atom is -0.497 e. The van der Waals surface area contributed by atoms with Gasteiger partial charge in [0.25, 0.3) is 5.91 Å². The Bertz CT molecular complexity index is 1320. The molecule has 202 valence electrons. The molecule has 1 atom stereocenters. The van der Waals surface area contributed by atoms with Gasteiger partial charge >= 0.3 is 6.18 Å². The molecule has 2 N–H and O–H groups in total. The number of alkyl halides is 3. The van der Waals surface area contributed by atoms with Crippen LogP contribution in [0.25, 0.3) is 0 Å². The molecule has 3 aromatic carbocycles. The number of thioether (sulfide) groups is 1. The fraction of sp³-hybridized carbons (Fsp3) is 0.200. The Hall–Kier alpha value is -3.74. The minimum absolute atomic E-state index is 0.0633. The second kappa shape index (κ2) is 11.8. The van der Waals surface area contributed by atoms with Crippen molar-refractivity contribution in [2.45, 2.75) is 29.7 Å². The molecule has 0 aliphatic rings. The molecule has 13 heteroatoms. The number of benzene rings is 3. The second-order valence-electron chi connectivity index (χ2n) is 7.72. The predicted molar refractivity (Wildman–Crippen MR) is 127 cm³/mol. The lowest BCUT2D eigenvalue weighted by Gasteiger charge is -2.18. The highest BCUT2D eigenvalue weighted by Crippen LogP contribution is 2.39. The molecule has 3 rings (SSSR count). The topological polar surface area (TPSA) is 67.4 Å². The van der Waals surface area contributed by atoms with Crippen LogP contribution in [-0.4, -0.2) is 24.2 Å². The number of carbonyl (C=O) groups is 2. The van der Waals surface area contributed by atoms with E-state index in [0.29, 0.717) is 21.9 Å². The molecule has 0 heterocycles. The molecular formula is C25H19F7N2O3S. The average molecular weight is 560 g/mol. The highest BCUT2D eigenvalue weighted by molar-refractivity contribution is 8.00. The number of halogens is 7. The maximum atomic E-state index is 14.2. The van der Waals surface area contributed by atoms with Crippen LogP contribution in [0, 0.1) is 23.3 Å². The van der Waals surface area contributed by atoms with E-state index in [1.165, 1.54) is 20.1 Å². The molecule has 1 unspecified atom stereocenters. The predicted octanol–water partition coefficient (Wildman–Crippen LogP) is 7.03. The summed E-state index contributed by atoms with van der Waals surface area (Å²) in [6.07, 6.45) is -5.64. The molecule has 0 spiro atoms. The summed E-state index contributed by atoms with van der Waals surface area (Å²) in [4.78, 5) is 25.6. The van der Waals surface area contributed by atoms with Gasteiger partial charge in [-0.3, -0.25) is 9.59 Å². The van der Waals surface area contributed by atoms with E-state index in [2.05, 4.69) is 5.32 Å². The van der Waals surface area contributed by atoms with E-state index in [0.717, 1.165) is 11.8 Å². The first kappa shape index (κ1) is 28.8. The zero-order valence-electron chi connectivity index (χ0n) is 19.7. The van der Waals surface area contributed by atoms with Crippen molar-refractivity contribution in [1.29, 1.82) is 0 Å². The number of anilines is 2. The zero-order chi connectivity index (χ0) is 28.2. The number of carbonyl (C=O) groups excluding carboxylic acids is 2. The van der Waals surface area contributed by atoms with Gasteiger partial charge in [0.2, 0.25) is 5.91 Å². The van der Waals surface area contributed by atoms with Crippen LogP contribution in [0.5, 0.6) is 5.75 Å². The van der Waals surface area contributed by atoms with Crippen molar-refractivity contribution in [3.8, 4) is 5.75 Å². The van der Waals surface area contributed by atoms with E-state index in [4.69, 9.17) is 4.74 Å². The van der Waals surface area contributed by atoms with E-state index >= 15 is 0 Å². The largest absolute Gasteiger partial charge is 0.497 e. The summed E-state index contributed by atoms with van der Waals surface area (Å²) < 4.78 is 99.6. The van der Waals surface area contributed by atoms with E-state index < -0.39 is 57.8 Å². The van der Waals surface area contributed by atoms with Gasteiger partial charge in [0.05, 0.1) is 12.4 Å². The van der Waals surface area contributed by atoms with Gasteiger partial charge in [0.1, 0.15) is 17.0 Å². The number of hydrogen-bond donors (Lipinski definition) is 2. The van der Waals surface area contributed by atoms with Gasteiger partial charge in [0, 0.05) is 16.1 Å². The van der Waals surface area contributed by atoms with Crippen LogP contribution in [0.4, 0.5) is 42.1 Å². The lowest BCUT2D eigenvalue weighted by molar-refractivity contribution is -0.143. The first-order valence-corrected chi connectivity index (χ1v) is 11.7. The maximum absolute atomic E-state index is 14.2. The van der Waals surface area contributed by atoms with Crippen molar-refractivity contribution in [1.82, 2.24) is 0 Å². The fourth-order valence-electron chi connectivity index (χ4n) is 3.27. The Labute approximate surface area is 216 Å². The Morgan fingerprint density at radius 2 is 1.53 bits per heavy atom. The smallest absolute Gasteiger partial charge is 0.422 e. The lowest BCUT2D eigenvalue weighted by atomic mass is 10.1. The molecule has 0 aliphatic carbocycles. The molecule has 0 bridgehead atoms. The molecule has 0 fully saturated rings. The number of hydrogen-bond acceptors (Lipinski definition) is 4. The molecule has 0 aliphatic heterocycles. The van der Waals surface area contributed by atoms with Crippen LogP contribution >= 0.6 is 11.8 Å². The standard InChI is InChI=1S/C25H19F7N2O3S/c1-3-16(24(36)34-22-20(28)18(26)17(25(30,31)32)19(27)21(22)29)38-15-6-4-5-13(11-15)33-23(35)12-7-9-14(37-2)10-8-12/h4-11,16H,3H2,1-2H3,(H,33,35)(H,34,36). The molecule has 0 radical (unpaired) electrons. The summed E-state index contributed by atoms with van der Waals surface area (Å²) >= 11 is 0.893. The van der Waals surface area contributed by atoms with Crippen molar-refractivity contribution in [3.05, 3.63) is 82.9 Å². The maximum Gasteiger partial charge on any atom is 0.422 e.